The van der Waals surface area contributed by atoms with Gasteiger partial charge in [-0.05, 0) is 43.7 Å². The second-order valence-corrected chi connectivity index (χ2v) is 8.26. The quantitative estimate of drug-likeness (QED) is 0.544. The number of ether oxygens (including phenoxy) is 1. The van der Waals surface area contributed by atoms with Crippen LogP contribution < -0.4 is 10.2 Å². The van der Waals surface area contributed by atoms with Crippen molar-refractivity contribution in [1.29, 1.82) is 0 Å². The topological polar surface area (TPSA) is 58.6 Å². The molecule has 0 aromatic heterocycles. The van der Waals surface area contributed by atoms with Gasteiger partial charge in [-0.3, -0.25) is 9.59 Å². The van der Waals surface area contributed by atoms with Crippen LogP contribution in [0.3, 0.4) is 0 Å². The second-order valence-electron chi connectivity index (χ2n) is 7.38. The molecule has 1 aliphatic carbocycles. The lowest BCUT2D eigenvalue weighted by Crippen LogP contribution is -2.34. The lowest BCUT2D eigenvalue weighted by atomic mass is 9.98. The van der Waals surface area contributed by atoms with Crippen LogP contribution in [0.15, 0.2) is 29.2 Å². The van der Waals surface area contributed by atoms with E-state index in [1.165, 1.54) is 32.1 Å². The third-order valence-corrected chi connectivity index (χ3v) is 6.11. The predicted octanol–water partition coefficient (Wildman–Crippen LogP) is 3.62. The minimum atomic E-state index is -0.269. The molecule has 6 heteroatoms. The Kier molecular flexibility index (Phi) is 7.59. The molecule has 0 unspecified atom stereocenters. The van der Waals surface area contributed by atoms with E-state index in [4.69, 9.17) is 4.74 Å². The number of nitrogens with one attached hydrogen (secondary N) is 1. The van der Waals surface area contributed by atoms with E-state index < -0.39 is 0 Å². The highest BCUT2D eigenvalue weighted by atomic mass is 32.2. The number of anilines is 1. The summed E-state index contributed by atoms with van der Waals surface area (Å²) in [4.78, 5) is 27.6. The highest BCUT2D eigenvalue weighted by Gasteiger charge is 2.35. The Morgan fingerprint density at radius 3 is 2.89 bits per heavy atom. The van der Waals surface area contributed by atoms with Crippen LogP contribution in [0.25, 0.3) is 0 Å². The number of thioether (sulfide) groups is 1. The molecule has 27 heavy (non-hydrogen) atoms. The molecule has 3 rings (SSSR count). The van der Waals surface area contributed by atoms with Crippen LogP contribution >= 0.6 is 11.8 Å². The minimum Gasteiger partial charge on any atom is -0.378 e. The Morgan fingerprint density at radius 2 is 2.11 bits per heavy atom. The van der Waals surface area contributed by atoms with Crippen molar-refractivity contribution < 1.29 is 14.3 Å². The molecule has 0 radical (unpaired) electrons. The Balaban J connectivity index is 1.39. The molecule has 148 valence electrons. The van der Waals surface area contributed by atoms with E-state index in [1.54, 1.807) is 16.7 Å². The smallest absolute Gasteiger partial charge is 0.227 e. The molecule has 1 atom stereocenters. The summed E-state index contributed by atoms with van der Waals surface area (Å²) in [6.07, 6.45) is 9.74. The van der Waals surface area contributed by atoms with E-state index in [1.807, 2.05) is 30.5 Å². The molecule has 2 aliphatic rings. The van der Waals surface area contributed by atoms with Crippen LogP contribution in [0.2, 0.25) is 0 Å². The SMILES string of the molecule is CSc1cccc(N2C[C@H](C(=O)NCCCOC3CCCCC3)CC2=O)c1. The lowest BCUT2D eigenvalue weighted by Gasteiger charge is -2.22. The summed E-state index contributed by atoms with van der Waals surface area (Å²) in [5.41, 5.74) is 0.878. The molecular weight excluding hydrogens is 360 g/mol. The molecule has 1 aromatic rings. The van der Waals surface area contributed by atoms with Crippen LogP contribution in [0.4, 0.5) is 5.69 Å². The van der Waals surface area contributed by atoms with E-state index >= 15 is 0 Å². The van der Waals surface area contributed by atoms with Crippen LogP contribution in [-0.2, 0) is 14.3 Å². The van der Waals surface area contributed by atoms with Crippen molar-refractivity contribution in [1.82, 2.24) is 5.32 Å². The summed E-state index contributed by atoms with van der Waals surface area (Å²) in [6, 6.07) is 7.91. The molecule has 0 bridgehead atoms. The average Bonchev–Trinajstić information content (AvgIpc) is 3.10. The highest BCUT2D eigenvalue weighted by molar-refractivity contribution is 7.98. The number of benzene rings is 1. The van der Waals surface area contributed by atoms with E-state index in [0.717, 1.165) is 17.0 Å². The molecule has 1 aliphatic heterocycles. The highest BCUT2D eigenvalue weighted by Crippen LogP contribution is 2.28. The second kappa shape index (κ2) is 10.1. The molecule has 1 saturated carbocycles. The Morgan fingerprint density at radius 1 is 1.30 bits per heavy atom. The largest absolute Gasteiger partial charge is 0.378 e. The normalized spacial score (nSPS) is 20.9. The third-order valence-electron chi connectivity index (χ3n) is 5.39. The summed E-state index contributed by atoms with van der Waals surface area (Å²) >= 11 is 1.65. The van der Waals surface area contributed by atoms with Gasteiger partial charge in [-0.2, -0.15) is 0 Å². The Hall–Kier alpha value is -1.53. The summed E-state index contributed by atoms with van der Waals surface area (Å²) < 4.78 is 5.89. The van der Waals surface area contributed by atoms with Gasteiger partial charge >= 0.3 is 0 Å². The van der Waals surface area contributed by atoms with E-state index in [2.05, 4.69) is 5.32 Å². The van der Waals surface area contributed by atoms with Crippen molar-refractivity contribution in [3.63, 3.8) is 0 Å². The van der Waals surface area contributed by atoms with E-state index in [0.29, 0.717) is 25.8 Å². The van der Waals surface area contributed by atoms with E-state index in [-0.39, 0.29) is 24.2 Å². The fraction of sp³-hybridized carbons (Fsp3) is 0.619. The molecule has 2 amide bonds. The molecule has 1 saturated heterocycles. The van der Waals surface area contributed by atoms with Crippen LogP contribution in [0.5, 0.6) is 0 Å². The van der Waals surface area contributed by atoms with Gasteiger partial charge in [-0.15, -0.1) is 11.8 Å². The minimum absolute atomic E-state index is 0.0223. The fourth-order valence-corrected chi connectivity index (χ4v) is 4.27. The summed E-state index contributed by atoms with van der Waals surface area (Å²) in [7, 11) is 0. The van der Waals surface area contributed by atoms with Gasteiger partial charge < -0.3 is 15.0 Å². The van der Waals surface area contributed by atoms with Gasteiger partial charge in [0, 0.05) is 36.7 Å². The van der Waals surface area contributed by atoms with Crippen molar-refractivity contribution in [3.05, 3.63) is 24.3 Å². The maximum absolute atomic E-state index is 12.4. The molecule has 2 fully saturated rings. The maximum atomic E-state index is 12.4. The third kappa shape index (κ3) is 5.72. The molecule has 1 heterocycles. The first kappa shape index (κ1) is 20.2. The summed E-state index contributed by atoms with van der Waals surface area (Å²) in [5, 5.41) is 2.98. The first-order valence-corrected chi connectivity index (χ1v) is 11.2. The number of rotatable bonds is 8. The zero-order chi connectivity index (χ0) is 19.1. The Bertz CT molecular complexity index is 646. The van der Waals surface area contributed by atoms with Gasteiger partial charge in [0.2, 0.25) is 11.8 Å². The first-order valence-electron chi connectivity index (χ1n) is 10.0. The average molecular weight is 391 g/mol. The standard InChI is InChI=1S/C21H30N2O3S/c1-27-19-10-5-7-17(14-19)23-15-16(13-20(23)24)21(25)22-11-6-12-26-18-8-3-2-4-9-18/h5,7,10,14,16,18H,2-4,6,8-9,11-13,15H2,1H3,(H,22,25)/t16-/m1/s1. The van der Waals surface area contributed by atoms with E-state index in [9.17, 15) is 9.59 Å². The van der Waals surface area contributed by atoms with Crippen LogP contribution in [0, 0.1) is 5.92 Å². The summed E-state index contributed by atoms with van der Waals surface area (Å²) in [5.74, 6) is -0.270. The predicted molar refractivity (Wildman–Crippen MR) is 109 cm³/mol. The van der Waals surface area contributed by atoms with Crippen molar-refractivity contribution in [2.45, 2.75) is 55.9 Å². The first-order chi connectivity index (χ1) is 13.2. The zero-order valence-corrected chi connectivity index (χ0v) is 16.9. The number of carbonyl (C=O) groups is 2. The molecule has 0 spiro atoms. The van der Waals surface area contributed by atoms with Crippen molar-refractivity contribution in [3.8, 4) is 0 Å². The van der Waals surface area contributed by atoms with Gasteiger partial charge in [0.1, 0.15) is 0 Å². The zero-order valence-electron chi connectivity index (χ0n) is 16.1. The lowest BCUT2D eigenvalue weighted by molar-refractivity contribution is -0.126. The number of amides is 2. The summed E-state index contributed by atoms with van der Waals surface area (Å²) in [6.45, 7) is 1.77. The fourth-order valence-electron chi connectivity index (χ4n) is 3.82. The van der Waals surface area contributed by atoms with Crippen LogP contribution in [0.1, 0.15) is 44.9 Å². The maximum Gasteiger partial charge on any atom is 0.227 e. The van der Waals surface area contributed by atoms with Gasteiger partial charge in [-0.25, -0.2) is 0 Å². The molecular formula is C21H30N2O3S. The Labute approximate surface area is 166 Å². The van der Waals surface area contributed by atoms with Crippen molar-refractivity contribution >= 4 is 29.3 Å². The molecule has 1 aromatic carbocycles. The van der Waals surface area contributed by atoms with Gasteiger partial charge in [0.25, 0.3) is 0 Å². The molecule has 1 N–H and O–H groups in total. The number of nitrogens with zero attached hydrogens (tertiary/aromatic N) is 1. The number of carbonyl (C=O) groups excluding carboxylic acids is 2. The van der Waals surface area contributed by atoms with Crippen molar-refractivity contribution in [2.24, 2.45) is 5.92 Å². The van der Waals surface area contributed by atoms with Crippen LogP contribution in [-0.4, -0.2) is 43.9 Å². The van der Waals surface area contributed by atoms with Gasteiger partial charge in [-0.1, -0.05) is 25.3 Å². The van der Waals surface area contributed by atoms with Gasteiger partial charge in [0.05, 0.1) is 12.0 Å². The van der Waals surface area contributed by atoms with Crippen molar-refractivity contribution in [2.75, 3.05) is 30.9 Å². The monoisotopic (exact) mass is 390 g/mol. The number of hydrogen-bond donors (Lipinski definition) is 1. The number of hydrogen-bond acceptors (Lipinski definition) is 4. The van der Waals surface area contributed by atoms with Gasteiger partial charge in [0.15, 0.2) is 0 Å². The molecule has 5 nitrogen and oxygen atoms in total.